The van der Waals surface area contributed by atoms with Crippen LogP contribution in [0.5, 0.6) is 0 Å². The van der Waals surface area contributed by atoms with Gasteiger partial charge in [-0.2, -0.15) is 0 Å². The molecule has 0 heterocycles. The van der Waals surface area contributed by atoms with E-state index in [1.165, 1.54) is 0 Å². The van der Waals surface area contributed by atoms with E-state index in [0.717, 1.165) is 16.7 Å². The van der Waals surface area contributed by atoms with E-state index in [0.29, 0.717) is 24.2 Å². The van der Waals surface area contributed by atoms with Gasteiger partial charge in [0.05, 0.1) is 0 Å². The summed E-state index contributed by atoms with van der Waals surface area (Å²) in [5.74, 6) is -0.384. The molecule has 0 fully saturated rings. The number of rotatable bonds is 6. The Hall–Kier alpha value is -3.40. The second-order valence-corrected chi connectivity index (χ2v) is 6.37. The summed E-state index contributed by atoms with van der Waals surface area (Å²) < 4.78 is 0. The molecule has 0 aliphatic heterocycles. The van der Waals surface area contributed by atoms with Crippen molar-refractivity contribution in [1.82, 2.24) is 10.6 Å². The molecule has 0 aromatic heterocycles. The summed E-state index contributed by atoms with van der Waals surface area (Å²) in [5, 5.41) is 5.80. The molecule has 0 bridgehead atoms. The van der Waals surface area contributed by atoms with E-state index < -0.39 is 0 Å². The molecule has 0 aliphatic carbocycles. The molecule has 4 heteroatoms. The molecule has 4 nitrogen and oxygen atoms in total. The van der Waals surface area contributed by atoms with Crippen LogP contribution in [0.2, 0.25) is 0 Å². The third-order valence-electron chi connectivity index (χ3n) is 4.34. The molecule has 0 aliphatic rings. The second kappa shape index (κ2) is 14.6. The molecule has 31 heavy (non-hydrogen) atoms. The molecule has 0 atom stereocenters. The summed E-state index contributed by atoms with van der Waals surface area (Å²) in [4.78, 5) is 25.0. The summed E-state index contributed by atoms with van der Waals surface area (Å²) in [6.45, 7) is 10.8. The average Bonchev–Trinajstić information content (AvgIpc) is 2.85. The van der Waals surface area contributed by atoms with Crippen LogP contribution in [0.25, 0.3) is 0 Å². The van der Waals surface area contributed by atoms with E-state index in [2.05, 4.69) is 10.6 Å². The first-order valence-corrected chi connectivity index (χ1v) is 10.9. The summed E-state index contributed by atoms with van der Waals surface area (Å²) in [7, 11) is 0. The zero-order chi connectivity index (χ0) is 23.1. The van der Waals surface area contributed by atoms with Gasteiger partial charge in [-0.05, 0) is 35.7 Å². The van der Waals surface area contributed by atoms with Crippen LogP contribution in [0.4, 0.5) is 0 Å². The maximum atomic E-state index is 12.6. The fraction of sp³-hybridized carbons (Fsp3) is 0.259. The minimum atomic E-state index is -0.198. The first-order valence-electron chi connectivity index (χ1n) is 10.9. The molecule has 2 N–H and O–H groups in total. The third-order valence-corrected chi connectivity index (χ3v) is 4.34. The number of aryl methyl sites for hydroxylation is 1. The van der Waals surface area contributed by atoms with Crippen molar-refractivity contribution in [3.63, 3.8) is 0 Å². The quantitative estimate of drug-likeness (QED) is 0.523. The number of carbonyl (C=O) groups is 2. The maximum Gasteiger partial charge on any atom is 0.251 e. The molecule has 3 aromatic carbocycles. The van der Waals surface area contributed by atoms with E-state index in [1.807, 2.05) is 95.3 Å². The summed E-state index contributed by atoms with van der Waals surface area (Å²) in [6.07, 6.45) is 0. The first kappa shape index (κ1) is 25.6. The number of amides is 2. The van der Waals surface area contributed by atoms with Gasteiger partial charge in [0, 0.05) is 24.2 Å². The number of nitrogens with one attached hydrogen (secondary N) is 2. The highest BCUT2D eigenvalue weighted by atomic mass is 16.2. The zero-order valence-electron chi connectivity index (χ0n) is 19.2. The van der Waals surface area contributed by atoms with Crippen LogP contribution in [0.15, 0.2) is 78.9 Å². The molecular formula is C27H34N2O2. The Labute approximate surface area is 186 Å². The molecular weight excluding hydrogens is 384 g/mol. The minimum Gasteiger partial charge on any atom is -0.348 e. The van der Waals surface area contributed by atoms with Gasteiger partial charge < -0.3 is 10.6 Å². The van der Waals surface area contributed by atoms with Gasteiger partial charge in [-0.15, -0.1) is 0 Å². The standard InChI is InChI=1S/C23H22N2O2.2C2H6/c1-17-12-13-20(22(26)24-15-18-8-4-2-5-9-18)14-21(17)23(27)25-16-19-10-6-3-7-11-19;2*1-2/h2-14H,15-16H2,1H3,(H,24,26)(H,25,27);2*1-2H3. The van der Waals surface area contributed by atoms with E-state index in [1.54, 1.807) is 18.2 Å². The van der Waals surface area contributed by atoms with Crippen molar-refractivity contribution in [2.24, 2.45) is 0 Å². The lowest BCUT2D eigenvalue weighted by molar-refractivity contribution is 0.0950. The van der Waals surface area contributed by atoms with Crippen molar-refractivity contribution < 1.29 is 9.59 Å². The lowest BCUT2D eigenvalue weighted by Gasteiger charge is -2.11. The molecule has 0 spiro atoms. The molecule has 0 saturated carbocycles. The lowest BCUT2D eigenvalue weighted by atomic mass is 10.0. The zero-order valence-corrected chi connectivity index (χ0v) is 19.2. The van der Waals surface area contributed by atoms with Gasteiger partial charge >= 0.3 is 0 Å². The fourth-order valence-corrected chi connectivity index (χ4v) is 2.76. The van der Waals surface area contributed by atoms with Gasteiger partial charge in [0.25, 0.3) is 11.8 Å². The Bertz CT molecular complexity index is 922. The van der Waals surface area contributed by atoms with Gasteiger partial charge in [0.1, 0.15) is 0 Å². The molecule has 0 saturated heterocycles. The number of hydrogen-bond donors (Lipinski definition) is 2. The van der Waals surface area contributed by atoms with Crippen LogP contribution in [0.1, 0.15) is 65.1 Å². The summed E-state index contributed by atoms with van der Waals surface area (Å²) in [5.41, 5.74) is 3.87. The van der Waals surface area contributed by atoms with Gasteiger partial charge in [-0.3, -0.25) is 9.59 Å². The fourth-order valence-electron chi connectivity index (χ4n) is 2.76. The number of hydrogen-bond acceptors (Lipinski definition) is 2. The Balaban J connectivity index is 0.00000113. The molecule has 0 unspecified atom stereocenters. The highest BCUT2D eigenvalue weighted by Gasteiger charge is 2.13. The van der Waals surface area contributed by atoms with Crippen molar-refractivity contribution in [2.75, 3.05) is 0 Å². The molecule has 164 valence electrons. The summed E-state index contributed by atoms with van der Waals surface area (Å²) in [6, 6.07) is 24.6. The second-order valence-electron chi connectivity index (χ2n) is 6.37. The van der Waals surface area contributed by atoms with Gasteiger partial charge in [0.15, 0.2) is 0 Å². The van der Waals surface area contributed by atoms with E-state index >= 15 is 0 Å². The van der Waals surface area contributed by atoms with E-state index in [4.69, 9.17) is 0 Å². The third kappa shape index (κ3) is 8.47. The average molecular weight is 419 g/mol. The minimum absolute atomic E-state index is 0.186. The smallest absolute Gasteiger partial charge is 0.251 e. The SMILES string of the molecule is CC.CC.Cc1ccc(C(=O)NCc2ccccc2)cc1C(=O)NCc1ccccc1. The predicted octanol–water partition coefficient (Wildman–Crippen LogP) is 5.91. The number of benzene rings is 3. The largest absolute Gasteiger partial charge is 0.348 e. The van der Waals surface area contributed by atoms with E-state index in [9.17, 15) is 9.59 Å². The maximum absolute atomic E-state index is 12.6. The Morgan fingerprint density at radius 3 is 1.58 bits per heavy atom. The van der Waals surface area contributed by atoms with Crippen LogP contribution in [0, 0.1) is 6.92 Å². The van der Waals surface area contributed by atoms with Crippen LogP contribution < -0.4 is 10.6 Å². The van der Waals surface area contributed by atoms with Crippen molar-refractivity contribution in [3.05, 3.63) is 107 Å². The predicted molar refractivity (Wildman–Crippen MR) is 129 cm³/mol. The molecule has 0 radical (unpaired) electrons. The normalized spacial score (nSPS) is 9.32. The Morgan fingerprint density at radius 1 is 0.645 bits per heavy atom. The van der Waals surface area contributed by atoms with Gasteiger partial charge in [-0.25, -0.2) is 0 Å². The van der Waals surface area contributed by atoms with Crippen LogP contribution >= 0.6 is 0 Å². The van der Waals surface area contributed by atoms with Crippen molar-refractivity contribution in [1.29, 1.82) is 0 Å². The van der Waals surface area contributed by atoms with Gasteiger partial charge in [0.2, 0.25) is 0 Å². The number of carbonyl (C=O) groups excluding carboxylic acids is 2. The van der Waals surface area contributed by atoms with Crippen molar-refractivity contribution in [3.8, 4) is 0 Å². The highest BCUT2D eigenvalue weighted by Crippen LogP contribution is 2.12. The monoisotopic (exact) mass is 418 g/mol. The van der Waals surface area contributed by atoms with Gasteiger partial charge in [-0.1, -0.05) is 94.4 Å². The molecule has 3 rings (SSSR count). The Morgan fingerprint density at radius 2 is 1.10 bits per heavy atom. The van der Waals surface area contributed by atoms with Crippen molar-refractivity contribution in [2.45, 2.75) is 47.7 Å². The first-order chi connectivity index (χ1) is 15.1. The molecule has 3 aromatic rings. The van der Waals surface area contributed by atoms with Crippen molar-refractivity contribution >= 4 is 11.8 Å². The highest BCUT2D eigenvalue weighted by molar-refractivity contribution is 6.00. The van der Waals surface area contributed by atoms with Crippen LogP contribution in [-0.2, 0) is 13.1 Å². The molecule has 2 amide bonds. The Kier molecular flexibility index (Phi) is 12.0. The lowest BCUT2D eigenvalue weighted by Crippen LogP contribution is -2.26. The topological polar surface area (TPSA) is 58.2 Å². The summed E-state index contributed by atoms with van der Waals surface area (Å²) >= 11 is 0. The van der Waals surface area contributed by atoms with Crippen LogP contribution in [-0.4, -0.2) is 11.8 Å². The van der Waals surface area contributed by atoms with Crippen LogP contribution in [0.3, 0.4) is 0 Å². The van der Waals surface area contributed by atoms with E-state index in [-0.39, 0.29) is 11.8 Å².